The fourth-order valence-electron chi connectivity index (χ4n) is 0.938. The van der Waals surface area contributed by atoms with E-state index >= 15 is 0 Å². The SMILES string of the molecule is [Pd].[c-]1ccccc1-n1cccn1. The molecule has 64 valence electrons. The molecule has 2 nitrogen and oxygen atoms in total. The normalized spacial score (nSPS) is 9.00. The van der Waals surface area contributed by atoms with Gasteiger partial charge in [-0.3, -0.25) is 4.68 Å². The van der Waals surface area contributed by atoms with Gasteiger partial charge in [-0.15, -0.1) is 6.07 Å². The van der Waals surface area contributed by atoms with E-state index < -0.39 is 0 Å². The third-order valence-electron chi connectivity index (χ3n) is 1.44. The molecule has 0 bridgehead atoms. The van der Waals surface area contributed by atoms with E-state index in [2.05, 4.69) is 11.2 Å². The standard InChI is InChI=1S/C9H7N2.Pd/c1-2-5-9(6-3-1)11-8-4-7-10-11;/h1-5,7-8H;/q-1;. The van der Waals surface area contributed by atoms with Crippen LogP contribution in [-0.4, -0.2) is 9.78 Å². The van der Waals surface area contributed by atoms with Crippen molar-refractivity contribution in [1.29, 1.82) is 0 Å². The van der Waals surface area contributed by atoms with Gasteiger partial charge in [-0.2, -0.15) is 29.4 Å². The first-order valence-electron chi connectivity index (χ1n) is 3.43. The monoisotopic (exact) mass is 249 g/mol. The van der Waals surface area contributed by atoms with Gasteiger partial charge >= 0.3 is 0 Å². The van der Waals surface area contributed by atoms with Crippen LogP contribution in [0.1, 0.15) is 0 Å². The van der Waals surface area contributed by atoms with Gasteiger partial charge in [0, 0.05) is 32.8 Å². The Bertz CT molecular complexity index is 316. The van der Waals surface area contributed by atoms with E-state index in [1.165, 1.54) is 0 Å². The van der Waals surface area contributed by atoms with Crippen molar-refractivity contribution >= 4 is 0 Å². The van der Waals surface area contributed by atoms with Crippen LogP contribution in [0.5, 0.6) is 0 Å². The molecule has 1 aromatic heterocycles. The Morgan fingerprint density at radius 1 is 1.25 bits per heavy atom. The summed E-state index contributed by atoms with van der Waals surface area (Å²) in [7, 11) is 0. The van der Waals surface area contributed by atoms with Gasteiger partial charge in [0.15, 0.2) is 0 Å². The molecule has 0 amide bonds. The van der Waals surface area contributed by atoms with Gasteiger partial charge in [0.1, 0.15) is 0 Å². The topological polar surface area (TPSA) is 17.8 Å². The van der Waals surface area contributed by atoms with E-state index in [4.69, 9.17) is 0 Å². The Kier molecular flexibility index (Phi) is 3.21. The number of rotatable bonds is 1. The Morgan fingerprint density at radius 3 is 2.75 bits per heavy atom. The molecule has 0 atom stereocenters. The summed E-state index contributed by atoms with van der Waals surface area (Å²) in [6.45, 7) is 0. The molecule has 0 unspecified atom stereocenters. The van der Waals surface area contributed by atoms with Crippen LogP contribution in [0.3, 0.4) is 0 Å². The molecule has 1 aromatic carbocycles. The Labute approximate surface area is 84.9 Å². The molecule has 0 saturated carbocycles. The van der Waals surface area contributed by atoms with Crippen molar-refractivity contribution in [3.05, 3.63) is 48.8 Å². The van der Waals surface area contributed by atoms with Crippen molar-refractivity contribution in [3.8, 4) is 5.69 Å². The predicted octanol–water partition coefficient (Wildman–Crippen LogP) is 1.67. The zero-order chi connectivity index (χ0) is 7.52. The van der Waals surface area contributed by atoms with E-state index in [1.54, 1.807) is 10.9 Å². The van der Waals surface area contributed by atoms with E-state index in [-0.39, 0.29) is 20.4 Å². The van der Waals surface area contributed by atoms with E-state index in [0.29, 0.717) is 0 Å². The number of nitrogens with zero attached hydrogens (tertiary/aromatic N) is 2. The van der Waals surface area contributed by atoms with Crippen molar-refractivity contribution in [2.45, 2.75) is 0 Å². The van der Waals surface area contributed by atoms with Crippen LogP contribution in [0.25, 0.3) is 5.69 Å². The summed E-state index contributed by atoms with van der Waals surface area (Å²) < 4.78 is 1.78. The first kappa shape index (κ1) is 9.18. The molecule has 1 heterocycles. The first-order valence-corrected chi connectivity index (χ1v) is 3.43. The van der Waals surface area contributed by atoms with Gasteiger partial charge in [-0.25, -0.2) is 0 Å². The quantitative estimate of drug-likeness (QED) is 0.555. The molecule has 2 rings (SSSR count). The van der Waals surface area contributed by atoms with Crippen LogP contribution in [0.4, 0.5) is 0 Å². The molecule has 0 aliphatic carbocycles. The van der Waals surface area contributed by atoms with Gasteiger partial charge in [0.25, 0.3) is 0 Å². The molecule has 0 spiro atoms. The van der Waals surface area contributed by atoms with Crippen LogP contribution >= 0.6 is 0 Å². The summed E-state index contributed by atoms with van der Waals surface area (Å²) >= 11 is 0. The van der Waals surface area contributed by atoms with Crippen LogP contribution < -0.4 is 0 Å². The fraction of sp³-hybridized carbons (Fsp3) is 0. The molecule has 0 saturated heterocycles. The van der Waals surface area contributed by atoms with Crippen LogP contribution in [0.15, 0.2) is 42.7 Å². The molecular weight excluding hydrogens is 243 g/mol. The predicted molar refractivity (Wildman–Crippen MR) is 42.4 cm³/mol. The summed E-state index contributed by atoms with van der Waals surface area (Å²) in [6, 6.07) is 12.7. The summed E-state index contributed by atoms with van der Waals surface area (Å²) in [5, 5.41) is 4.07. The number of hydrogen-bond acceptors (Lipinski definition) is 1. The summed E-state index contributed by atoms with van der Waals surface area (Å²) in [5.41, 5.74) is 0.970. The molecule has 0 radical (unpaired) electrons. The molecular formula is C9H7N2Pd-. The average molecular weight is 250 g/mol. The van der Waals surface area contributed by atoms with Gasteiger partial charge in [-0.05, 0) is 11.8 Å². The van der Waals surface area contributed by atoms with Crippen LogP contribution in [0.2, 0.25) is 0 Å². The maximum absolute atomic E-state index is 4.07. The summed E-state index contributed by atoms with van der Waals surface area (Å²) in [6.07, 6.45) is 3.65. The maximum atomic E-state index is 4.07. The van der Waals surface area contributed by atoms with Crippen molar-refractivity contribution in [2.75, 3.05) is 0 Å². The minimum absolute atomic E-state index is 0. The largest absolute Gasteiger partial charge is 0.266 e. The Morgan fingerprint density at radius 2 is 2.17 bits per heavy atom. The fourth-order valence-corrected chi connectivity index (χ4v) is 0.938. The second-order valence-electron chi connectivity index (χ2n) is 2.20. The number of aromatic nitrogens is 2. The average Bonchev–Trinajstić information content (AvgIpc) is 2.58. The second kappa shape index (κ2) is 4.20. The smallest absolute Gasteiger partial charge is 0.0493 e. The van der Waals surface area contributed by atoms with Crippen LogP contribution in [-0.2, 0) is 20.4 Å². The molecule has 3 heteroatoms. The zero-order valence-electron chi connectivity index (χ0n) is 6.25. The van der Waals surface area contributed by atoms with Crippen molar-refractivity contribution in [3.63, 3.8) is 0 Å². The first-order chi connectivity index (χ1) is 5.47. The van der Waals surface area contributed by atoms with Gasteiger partial charge in [0.2, 0.25) is 0 Å². The number of para-hydroxylation sites is 1. The molecule has 12 heavy (non-hydrogen) atoms. The van der Waals surface area contributed by atoms with Crippen molar-refractivity contribution in [1.82, 2.24) is 9.78 Å². The van der Waals surface area contributed by atoms with Crippen LogP contribution in [0, 0.1) is 6.07 Å². The molecule has 0 aliphatic rings. The van der Waals surface area contributed by atoms with Crippen molar-refractivity contribution in [2.24, 2.45) is 0 Å². The van der Waals surface area contributed by atoms with Gasteiger partial charge in [-0.1, -0.05) is 0 Å². The second-order valence-corrected chi connectivity index (χ2v) is 2.20. The van der Waals surface area contributed by atoms with Gasteiger partial charge in [0.05, 0.1) is 0 Å². The van der Waals surface area contributed by atoms with E-state index in [1.807, 2.05) is 36.5 Å². The molecule has 2 aromatic rings. The molecule has 0 aliphatic heterocycles. The summed E-state index contributed by atoms with van der Waals surface area (Å²) in [5.74, 6) is 0. The Hall–Kier alpha value is -0.908. The third kappa shape index (κ3) is 1.82. The van der Waals surface area contributed by atoms with E-state index in [0.717, 1.165) is 5.69 Å². The summed E-state index contributed by atoms with van der Waals surface area (Å²) in [4.78, 5) is 0. The van der Waals surface area contributed by atoms with Gasteiger partial charge < -0.3 is 0 Å². The minimum Gasteiger partial charge on any atom is -0.266 e. The number of benzene rings is 1. The number of hydrogen-bond donors (Lipinski definition) is 0. The van der Waals surface area contributed by atoms with Crippen molar-refractivity contribution < 1.29 is 20.4 Å². The maximum Gasteiger partial charge on any atom is 0.0493 e. The molecule has 0 N–H and O–H groups in total. The minimum atomic E-state index is 0. The van der Waals surface area contributed by atoms with E-state index in [9.17, 15) is 0 Å². The Balaban J connectivity index is 0.000000720. The zero-order valence-corrected chi connectivity index (χ0v) is 7.81. The molecule has 0 fully saturated rings. The third-order valence-corrected chi connectivity index (χ3v) is 1.44.